The van der Waals surface area contributed by atoms with E-state index in [0.717, 1.165) is 5.82 Å². The predicted molar refractivity (Wildman–Crippen MR) is 51.4 cm³/mol. The van der Waals surface area contributed by atoms with Gasteiger partial charge in [0.2, 0.25) is 5.89 Å². The lowest BCUT2D eigenvalue weighted by Gasteiger charge is -1.91. The summed E-state index contributed by atoms with van der Waals surface area (Å²) in [7, 11) is 0. The minimum absolute atomic E-state index is 0.514. The highest BCUT2D eigenvalue weighted by Crippen LogP contribution is 2.45. The zero-order valence-electron chi connectivity index (χ0n) is 8.16. The van der Waals surface area contributed by atoms with Crippen LogP contribution in [0.25, 0.3) is 0 Å². The molecule has 14 heavy (non-hydrogen) atoms. The van der Waals surface area contributed by atoms with Gasteiger partial charge in [0.1, 0.15) is 0 Å². The molecule has 0 bridgehead atoms. The summed E-state index contributed by atoms with van der Waals surface area (Å²) in [6, 6.07) is 0. The maximum absolute atomic E-state index is 5.10. The minimum Gasteiger partial charge on any atom is -0.338 e. The second-order valence-electron chi connectivity index (χ2n) is 3.67. The molecule has 1 aromatic rings. The first-order valence-corrected chi connectivity index (χ1v) is 4.78. The van der Waals surface area contributed by atoms with Crippen LogP contribution in [0.5, 0.6) is 0 Å². The number of hydrogen-bond acceptors (Lipinski definition) is 4. The Balaban J connectivity index is 1.87. The Bertz CT molecular complexity index is 352. The summed E-state index contributed by atoms with van der Waals surface area (Å²) in [5, 5.41) is 6.93. The van der Waals surface area contributed by atoms with E-state index in [1.807, 2.05) is 0 Å². The fourth-order valence-corrected chi connectivity index (χ4v) is 1.41. The Morgan fingerprint density at radius 3 is 3.14 bits per heavy atom. The monoisotopic (exact) mass is 191 g/mol. The van der Waals surface area contributed by atoms with Gasteiger partial charge in [-0.15, -0.1) is 6.42 Å². The van der Waals surface area contributed by atoms with Crippen LogP contribution in [0.3, 0.4) is 0 Å². The van der Waals surface area contributed by atoms with Crippen LogP contribution in [0.4, 0.5) is 0 Å². The van der Waals surface area contributed by atoms with Crippen LogP contribution in [0, 0.1) is 18.3 Å². The molecule has 2 atom stereocenters. The van der Waals surface area contributed by atoms with Gasteiger partial charge >= 0.3 is 0 Å². The molecule has 4 nitrogen and oxygen atoms in total. The Morgan fingerprint density at radius 1 is 1.71 bits per heavy atom. The molecule has 0 spiro atoms. The largest absolute Gasteiger partial charge is 0.338 e. The highest BCUT2D eigenvalue weighted by Gasteiger charge is 2.37. The van der Waals surface area contributed by atoms with Gasteiger partial charge in [0.25, 0.3) is 0 Å². The summed E-state index contributed by atoms with van der Waals surface area (Å²) in [6.45, 7) is 3.27. The summed E-state index contributed by atoms with van der Waals surface area (Å²) in [5.41, 5.74) is 0. The first kappa shape index (κ1) is 9.22. The summed E-state index contributed by atoms with van der Waals surface area (Å²) in [5.74, 6) is 5.17. The first-order valence-electron chi connectivity index (χ1n) is 4.78. The van der Waals surface area contributed by atoms with Crippen molar-refractivity contribution in [1.82, 2.24) is 15.5 Å². The van der Waals surface area contributed by atoms with Crippen LogP contribution in [-0.4, -0.2) is 16.7 Å². The molecule has 4 heteroatoms. The van der Waals surface area contributed by atoms with Crippen molar-refractivity contribution in [3.63, 3.8) is 0 Å². The molecule has 1 saturated carbocycles. The molecular formula is C10H13N3O. The topological polar surface area (TPSA) is 51.0 Å². The number of nitrogens with one attached hydrogen (secondary N) is 1. The van der Waals surface area contributed by atoms with Crippen LogP contribution in [-0.2, 0) is 6.54 Å². The second kappa shape index (κ2) is 3.81. The van der Waals surface area contributed by atoms with Crippen molar-refractivity contribution in [2.75, 3.05) is 6.54 Å². The zero-order valence-corrected chi connectivity index (χ0v) is 8.16. The van der Waals surface area contributed by atoms with E-state index >= 15 is 0 Å². The highest BCUT2D eigenvalue weighted by atomic mass is 16.5. The van der Waals surface area contributed by atoms with E-state index < -0.39 is 0 Å². The van der Waals surface area contributed by atoms with Gasteiger partial charge in [0, 0.05) is 5.92 Å². The molecule has 1 aliphatic rings. The summed E-state index contributed by atoms with van der Waals surface area (Å²) in [4.78, 5) is 4.29. The van der Waals surface area contributed by atoms with Crippen molar-refractivity contribution in [2.24, 2.45) is 5.92 Å². The lowest BCUT2D eigenvalue weighted by molar-refractivity contribution is 0.365. The van der Waals surface area contributed by atoms with Gasteiger partial charge in [-0.2, -0.15) is 4.98 Å². The molecule has 0 radical (unpaired) electrons. The Hall–Kier alpha value is -1.34. The molecule has 74 valence electrons. The first-order chi connectivity index (χ1) is 6.81. The van der Waals surface area contributed by atoms with Crippen molar-refractivity contribution >= 4 is 0 Å². The number of hydrogen-bond donors (Lipinski definition) is 1. The van der Waals surface area contributed by atoms with Gasteiger partial charge in [0.05, 0.1) is 13.1 Å². The smallest absolute Gasteiger partial charge is 0.240 e. The zero-order chi connectivity index (χ0) is 9.97. The summed E-state index contributed by atoms with van der Waals surface area (Å²) >= 11 is 0. The second-order valence-corrected chi connectivity index (χ2v) is 3.67. The summed E-state index contributed by atoms with van der Waals surface area (Å²) < 4.78 is 5.07. The fraction of sp³-hybridized carbons (Fsp3) is 0.600. The minimum atomic E-state index is 0.514. The van der Waals surface area contributed by atoms with Crippen molar-refractivity contribution < 1.29 is 4.52 Å². The third-order valence-electron chi connectivity index (χ3n) is 2.43. The molecule has 0 saturated heterocycles. The SMILES string of the molecule is C#CCNCc1nc(C2CC2C)no1. The highest BCUT2D eigenvalue weighted by molar-refractivity contribution is 5.07. The molecule has 2 rings (SSSR count). The molecule has 1 fully saturated rings. The molecule has 1 N–H and O–H groups in total. The van der Waals surface area contributed by atoms with Crippen molar-refractivity contribution in [2.45, 2.75) is 25.8 Å². The Labute approximate surface area is 83.1 Å². The van der Waals surface area contributed by atoms with E-state index in [2.05, 4.69) is 28.3 Å². The normalized spacial score (nSPS) is 24.6. The van der Waals surface area contributed by atoms with E-state index in [9.17, 15) is 0 Å². The van der Waals surface area contributed by atoms with E-state index in [4.69, 9.17) is 10.9 Å². The molecular weight excluding hydrogens is 178 g/mol. The third-order valence-corrected chi connectivity index (χ3v) is 2.43. The van der Waals surface area contributed by atoms with Crippen molar-refractivity contribution in [3.05, 3.63) is 11.7 Å². The molecule has 2 unspecified atom stereocenters. The van der Waals surface area contributed by atoms with Crippen LogP contribution in [0.2, 0.25) is 0 Å². The van der Waals surface area contributed by atoms with E-state index in [1.165, 1.54) is 6.42 Å². The maximum Gasteiger partial charge on any atom is 0.240 e. The number of nitrogens with zero attached hydrogens (tertiary/aromatic N) is 2. The molecule has 0 amide bonds. The maximum atomic E-state index is 5.10. The van der Waals surface area contributed by atoms with Crippen LogP contribution in [0.15, 0.2) is 4.52 Å². The Kier molecular flexibility index (Phi) is 2.51. The van der Waals surface area contributed by atoms with Gasteiger partial charge in [-0.25, -0.2) is 0 Å². The van der Waals surface area contributed by atoms with Gasteiger partial charge < -0.3 is 4.52 Å². The molecule has 1 heterocycles. The predicted octanol–water partition coefficient (Wildman–Crippen LogP) is 0.916. The van der Waals surface area contributed by atoms with Gasteiger partial charge in [-0.1, -0.05) is 18.0 Å². The van der Waals surface area contributed by atoms with E-state index in [0.29, 0.717) is 30.8 Å². The number of rotatable bonds is 4. The molecule has 1 aliphatic carbocycles. The van der Waals surface area contributed by atoms with Crippen molar-refractivity contribution in [1.29, 1.82) is 0 Å². The lowest BCUT2D eigenvalue weighted by Crippen LogP contribution is -2.13. The summed E-state index contributed by atoms with van der Waals surface area (Å²) in [6.07, 6.45) is 6.27. The molecule has 1 aromatic heterocycles. The number of terminal acetylenes is 1. The average molecular weight is 191 g/mol. The van der Waals surface area contributed by atoms with Crippen molar-refractivity contribution in [3.8, 4) is 12.3 Å². The number of aromatic nitrogens is 2. The lowest BCUT2D eigenvalue weighted by atomic mass is 10.3. The Morgan fingerprint density at radius 2 is 2.50 bits per heavy atom. The quantitative estimate of drug-likeness (QED) is 0.568. The van der Waals surface area contributed by atoms with Crippen LogP contribution in [0.1, 0.15) is 31.0 Å². The van der Waals surface area contributed by atoms with Crippen LogP contribution >= 0.6 is 0 Å². The fourth-order valence-electron chi connectivity index (χ4n) is 1.41. The molecule has 0 aromatic carbocycles. The average Bonchev–Trinajstić information content (AvgIpc) is 2.74. The standard InChI is InChI=1S/C10H13N3O/c1-3-4-11-6-9-12-10(13-14-9)8-5-7(8)2/h1,7-8,11H,4-6H2,2H3. The third kappa shape index (κ3) is 1.94. The van der Waals surface area contributed by atoms with Gasteiger partial charge in [-0.3, -0.25) is 5.32 Å². The van der Waals surface area contributed by atoms with Crippen LogP contribution < -0.4 is 5.32 Å². The van der Waals surface area contributed by atoms with Gasteiger partial charge in [-0.05, 0) is 12.3 Å². The molecule has 0 aliphatic heterocycles. The van der Waals surface area contributed by atoms with E-state index in [-0.39, 0.29) is 0 Å². The van der Waals surface area contributed by atoms with Gasteiger partial charge in [0.15, 0.2) is 5.82 Å². The van der Waals surface area contributed by atoms with E-state index in [1.54, 1.807) is 0 Å².